The summed E-state index contributed by atoms with van der Waals surface area (Å²) in [4.78, 5) is 25.0. The first-order valence-electron chi connectivity index (χ1n) is 7.54. The van der Waals surface area contributed by atoms with Crippen molar-refractivity contribution in [2.75, 3.05) is 6.54 Å². The summed E-state index contributed by atoms with van der Waals surface area (Å²) in [6.07, 6.45) is 1.55. The standard InChI is InChI=1S/C17H25NO3/c1-4-15(5-2)17(21)18(11-10-16(19)20)12-14-8-6-13(3)7-9-14/h6-9,15H,4-5,10-12H2,1-3H3,(H,19,20). The third kappa shape index (κ3) is 5.58. The second kappa shape index (κ2) is 8.45. The van der Waals surface area contributed by atoms with Crippen molar-refractivity contribution in [1.82, 2.24) is 4.90 Å². The van der Waals surface area contributed by atoms with Crippen LogP contribution < -0.4 is 0 Å². The van der Waals surface area contributed by atoms with Crippen molar-refractivity contribution in [1.29, 1.82) is 0 Å². The second-order valence-electron chi connectivity index (χ2n) is 5.40. The van der Waals surface area contributed by atoms with E-state index in [2.05, 4.69) is 0 Å². The van der Waals surface area contributed by atoms with E-state index in [1.54, 1.807) is 4.90 Å². The molecule has 0 aromatic heterocycles. The first-order valence-corrected chi connectivity index (χ1v) is 7.54. The van der Waals surface area contributed by atoms with Crippen molar-refractivity contribution in [2.24, 2.45) is 5.92 Å². The van der Waals surface area contributed by atoms with E-state index in [0.717, 1.165) is 18.4 Å². The summed E-state index contributed by atoms with van der Waals surface area (Å²) in [5.41, 5.74) is 2.20. The van der Waals surface area contributed by atoms with Crippen LogP contribution in [-0.4, -0.2) is 28.4 Å². The lowest BCUT2D eigenvalue weighted by Crippen LogP contribution is -2.37. The van der Waals surface area contributed by atoms with Gasteiger partial charge in [-0.1, -0.05) is 43.7 Å². The van der Waals surface area contributed by atoms with E-state index < -0.39 is 5.97 Å². The van der Waals surface area contributed by atoms with Crippen LogP contribution in [0.1, 0.15) is 44.2 Å². The first kappa shape index (κ1) is 17.2. The minimum absolute atomic E-state index is 0.0161. The van der Waals surface area contributed by atoms with Crippen LogP contribution in [0, 0.1) is 12.8 Å². The SMILES string of the molecule is CCC(CC)C(=O)N(CCC(=O)O)Cc1ccc(C)cc1. The van der Waals surface area contributed by atoms with Crippen LogP contribution in [0.25, 0.3) is 0 Å². The Bertz CT molecular complexity index is 463. The lowest BCUT2D eigenvalue weighted by molar-refractivity contribution is -0.140. The average Bonchev–Trinajstić information content (AvgIpc) is 2.46. The van der Waals surface area contributed by atoms with Gasteiger partial charge < -0.3 is 10.0 Å². The molecule has 0 fully saturated rings. The molecule has 1 rings (SSSR count). The van der Waals surface area contributed by atoms with E-state index in [0.29, 0.717) is 6.54 Å². The molecule has 0 unspecified atom stereocenters. The molecule has 1 amide bonds. The number of benzene rings is 1. The van der Waals surface area contributed by atoms with Crippen LogP contribution in [0.5, 0.6) is 0 Å². The molecule has 0 atom stereocenters. The number of carboxylic acid groups (broad SMARTS) is 1. The summed E-state index contributed by atoms with van der Waals surface area (Å²) in [6, 6.07) is 7.99. The molecule has 1 aromatic rings. The van der Waals surface area contributed by atoms with Crippen LogP contribution in [0.15, 0.2) is 24.3 Å². The highest BCUT2D eigenvalue weighted by atomic mass is 16.4. The fourth-order valence-corrected chi connectivity index (χ4v) is 2.31. The van der Waals surface area contributed by atoms with Gasteiger partial charge in [0.1, 0.15) is 0 Å². The molecule has 0 spiro atoms. The molecule has 0 bridgehead atoms. The van der Waals surface area contributed by atoms with Gasteiger partial charge in [-0.05, 0) is 25.3 Å². The minimum atomic E-state index is -0.874. The maximum atomic E-state index is 12.5. The van der Waals surface area contributed by atoms with Crippen molar-refractivity contribution >= 4 is 11.9 Å². The molecular formula is C17H25NO3. The van der Waals surface area contributed by atoms with Gasteiger partial charge in [-0.2, -0.15) is 0 Å². The predicted molar refractivity (Wildman–Crippen MR) is 82.9 cm³/mol. The van der Waals surface area contributed by atoms with Gasteiger partial charge in [0.15, 0.2) is 0 Å². The number of carboxylic acids is 1. The number of aryl methyl sites for hydroxylation is 1. The van der Waals surface area contributed by atoms with Gasteiger partial charge in [-0.3, -0.25) is 9.59 Å². The molecule has 1 aromatic carbocycles. The van der Waals surface area contributed by atoms with Crippen LogP contribution >= 0.6 is 0 Å². The average molecular weight is 291 g/mol. The van der Waals surface area contributed by atoms with E-state index in [4.69, 9.17) is 5.11 Å². The van der Waals surface area contributed by atoms with E-state index in [9.17, 15) is 9.59 Å². The smallest absolute Gasteiger partial charge is 0.305 e. The number of aliphatic carboxylic acids is 1. The molecule has 0 aliphatic rings. The number of hydrogen-bond acceptors (Lipinski definition) is 2. The van der Waals surface area contributed by atoms with Gasteiger partial charge in [0.25, 0.3) is 0 Å². The van der Waals surface area contributed by atoms with Crippen molar-refractivity contribution in [3.05, 3.63) is 35.4 Å². The molecule has 21 heavy (non-hydrogen) atoms. The number of nitrogens with zero attached hydrogens (tertiary/aromatic N) is 1. The van der Waals surface area contributed by atoms with Gasteiger partial charge in [0, 0.05) is 19.0 Å². The fourth-order valence-electron chi connectivity index (χ4n) is 2.31. The highest BCUT2D eigenvalue weighted by Gasteiger charge is 2.22. The van der Waals surface area contributed by atoms with E-state index >= 15 is 0 Å². The van der Waals surface area contributed by atoms with Crippen molar-refractivity contribution in [3.8, 4) is 0 Å². The Labute approximate surface area is 126 Å². The summed E-state index contributed by atoms with van der Waals surface area (Å²) < 4.78 is 0. The van der Waals surface area contributed by atoms with Gasteiger partial charge >= 0.3 is 5.97 Å². The van der Waals surface area contributed by atoms with Crippen LogP contribution in [0.4, 0.5) is 0 Å². The normalized spacial score (nSPS) is 10.7. The summed E-state index contributed by atoms with van der Waals surface area (Å²) >= 11 is 0. The Balaban J connectivity index is 2.82. The third-order valence-corrected chi connectivity index (χ3v) is 3.74. The Morgan fingerprint density at radius 1 is 1.14 bits per heavy atom. The van der Waals surface area contributed by atoms with Gasteiger partial charge in [0.2, 0.25) is 5.91 Å². The van der Waals surface area contributed by atoms with E-state index in [1.807, 2.05) is 45.0 Å². The lowest BCUT2D eigenvalue weighted by Gasteiger charge is -2.26. The summed E-state index contributed by atoms with van der Waals surface area (Å²) in [7, 11) is 0. The van der Waals surface area contributed by atoms with Crippen molar-refractivity contribution in [3.63, 3.8) is 0 Å². The number of hydrogen-bond donors (Lipinski definition) is 1. The van der Waals surface area contributed by atoms with Crippen molar-refractivity contribution < 1.29 is 14.7 Å². The Morgan fingerprint density at radius 3 is 2.19 bits per heavy atom. The molecule has 0 saturated carbocycles. The molecule has 0 aliphatic heterocycles. The summed E-state index contributed by atoms with van der Waals surface area (Å²) in [5.74, 6) is -0.840. The topological polar surface area (TPSA) is 57.6 Å². The maximum Gasteiger partial charge on any atom is 0.305 e. The van der Waals surface area contributed by atoms with Gasteiger partial charge in [0.05, 0.1) is 6.42 Å². The van der Waals surface area contributed by atoms with Crippen LogP contribution in [-0.2, 0) is 16.1 Å². The second-order valence-corrected chi connectivity index (χ2v) is 5.40. The zero-order valence-electron chi connectivity index (χ0n) is 13.1. The Kier molecular flexibility index (Phi) is 6.92. The zero-order valence-corrected chi connectivity index (χ0v) is 13.1. The molecule has 4 heteroatoms. The first-order chi connectivity index (χ1) is 9.97. The molecular weight excluding hydrogens is 266 g/mol. The number of carbonyl (C=O) groups excluding carboxylic acids is 1. The fraction of sp³-hybridized carbons (Fsp3) is 0.529. The van der Waals surface area contributed by atoms with Crippen LogP contribution in [0.3, 0.4) is 0 Å². The molecule has 4 nitrogen and oxygen atoms in total. The van der Waals surface area contributed by atoms with Gasteiger partial charge in [-0.25, -0.2) is 0 Å². The maximum absolute atomic E-state index is 12.5. The van der Waals surface area contributed by atoms with Gasteiger partial charge in [-0.15, -0.1) is 0 Å². The molecule has 0 saturated heterocycles. The minimum Gasteiger partial charge on any atom is -0.481 e. The lowest BCUT2D eigenvalue weighted by atomic mass is 10.0. The Morgan fingerprint density at radius 2 is 1.71 bits per heavy atom. The zero-order chi connectivity index (χ0) is 15.8. The quantitative estimate of drug-likeness (QED) is 0.800. The molecule has 116 valence electrons. The molecule has 1 N–H and O–H groups in total. The molecule has 0 heterocycles. The largest absolute Gasteiger partial charge is 0.481 e. The van der Waals surface area contributed by atoms with E-state index in [1.165, 1.54) is 5.56 Å². The number of amides is 1. The van der Waals surface area contributed by atoms with Crippen molar-refractivity contribution in [2.45, 2.75) is 46.6 Å². The number of carbonyl (C=O) groups is 2. The van der Waals surface area contributed by atoms with E-state index in [-0.39, 0.29) is 24.8 Å². The third-order valence-electron chi connectivity index (χ3n) is 3.74. The highest BCUT2D eigenvalue weighted by Crippen LogP contribution is 2.15. The Hall–Kier alpha value is -1.84. The summed E-state index contributed by atoms with van der Waals surface area (Å²) in [6.45, 7) is 6.74. The number of rotatable bonds is 8. The molecule has 0 aliphatic carbocycles. The predicted octanol–water partition coefficient (Wildman–Crippen LogP) is 3.23. The monoisotopic (exact) mass is 291 g/mol. The summed E-state index contributed by atoms with van der Waals surface area (Å²) in [5, 5.41) is 8.86. The van der Waals surface area contributed by atoms with Crippen LogP contribution in [0.2, 0.25) is 0 Å². The highest BCUT2D eigenvalue weighted by molar-refractivity contribution is 5.79. The molecule has 0 radical (unpaired) electrons.